The number of carboxylic acids is 1. The predicted octanol–water partition coefficient (Wildman–Crippen LogP) is 1.40. The molecule has 86 valence electrons. The van der Waals surface area contributed by atoms with Crippen molar-refractivity contribution in [3.05, 3.63) is 0 Å². The van der Waals surface area contributed by atoms with Gasteiger partial charge < -0.3 is 10.4 Å². The number of carbonyl (C=O) groups excluding carboxylic acids is 1. The van der Waals surface area contributed by atoms with E-state index in [1.54, 1.807) is 6.92 Å². The molecule has 2 N–H and O–H groups in total. The minimum atomic E-state index is -0.777. The summed E-state index contributed by atoms with van der Waals surface area (Å²) >= 11 is 0. The summed E-state index contributed by atoms with van der Waals surface area (Å²) in [4.78, 5) is 22.3. The van der Waals surface area contributed by atoms with Gasteiger partial charge in [0.05, 0.1) is 5.41 Å². The van der Waals surface area contributed by atoms with E-state index in [0.717, 1.165) is 6.42 Å². The smallest absolute Gasteiger partial charge is 0.309 e. The topological polar surface area (TPSA) is 66.4 Å². The molecule has 15 heavy (non-hydrogen) atoms. The van der Waals surface area contributed by atoms with E-state index in [4.69, 9.17) is 0 Å². The second-order valence-electron chi connectivity index (χ2n) is 5.15. The summed E-state index contributed by atoms with van der Waals surface area (Å²) in [5.74, 6) is -0.872. The molecule has 1 aliphatic rings. The first-order valence-electron chi connectivity index (χ1n) is 5.22. The van der Waals surface area contributed by atoms with Crippen LogP contribution in [-0.2, 0) is 9.59 Å². The van der Waals surface area contributed by atoms with Gasteiger partial charge in [-0.15, -0.1) is 0 Å². The van der Waals surface area contributed by atoms with E-state index < -0.39 is 16.8 Å². The first-order valence-corrected chi connectivity index (χ1v) is 5.22. The van der Waals surface area contributed by atoms with Gasteiger partial charge in [0, 0.05) is 18.4 Å². The lowest BCUT2D eigenvalue weighted by Crippen LogP contribution is -2.48. The second-order valence-corrected chi connectivity index (χ2v) is 5.15. The molecule has 1 saturated carbocycles. The first kappa shape index (κ1) is 12.0. The van der Waals surface area contributed by atoms with Crippen molar-refractivity contribution in [1.29, 1.82) is 0 Å². The summed E-state index contributed by atoms with van der Waals surface area (Å²) in [6.07, 6.45) is 1.34. The van der Waals surface area contributed by atoms with Crippen molar-refractivity contribution < 1.29 is 14.7 Å². The minimum absolute atomic E-state index is 0.0453. The number of hydrogen-bond acceptors (Lipinski definition) is 2. The van der Waals surface area contributed by atoms with Gasteiger partial charge in [-0.2, -0.15) is 0 Å². The SMILES string of the molecule is CC(=O)N[C@H]1CC[C@@](C)(C(=O)O)C1(C)C. The van der Waals surface area contributed by atoms with E-state index in [9.17, 15) is 14.7 Å². The Hall–Kier alpha value is -1.06. The summed E-state index contributed by atoms with van der Waals surface area (Å²) in [6.45, 7) is 7.05. The molecule has 0 aromatic rings. The molecule has 0 aromatic carbocycles. The zero-order chi connectivity index (χ0) is 11.9. The Morgan fingerprint density at radius 2 is 1.87 bits per heavy atom. The summed E-state index contributed by atoms with van der Waals surface area (Å²) in [5.41, 5.74) is -1.16. The number of nitrogens with one attached hydrogen (secondary N) is 1. The van der Waals surface area contributed by atoms with Crippen LogP contribution >= 0.6 is 0 Å². The number of amides is 1. The fraction of sp³-hybridized carbons (Fsp3) is 0.818. The molecule has 1 aliphatic carbocycles. The normalized spacial score (nSPS) is 33.7. The zero-order valence-electron chi connectivity index (χ0n) is 9.76. The van der Waals surface area contributed by atoms with Crippen molar-refractivity contribution in [2.24, 2.45) is 10.8 Å². The van der Waals surface area contributed by atoms with Gasteiger partial charge in [-0.25, -0.2) is 0 Å². The van der Waals surface area contributed by atoms with Crippen LogP contribution in [-0.4, -0.2) is 23.0 Å². The van der Waals surface area contributed by atoms with E-state index in [2.05, 4.69) is 5.32 Å². The monoisotopic (exact) mass is 213 g/mol. The maximum atomic E-state index is 11.3. The van der Waals surface area contributed by atoms with Crippen LogP contribution in [0.2, 0.25) is 0 Å². The van der Waals surface area contributed by atoms with Crippen LogP contribution < -0.4 is 5.32 Å². The molecule has 0 aromatic heterocycles. The van der Waals surface area contributed by atoms with Crippen molar-refractivity contribution >= 4 is 11.9 Å². The molecule has 1 rings (SSSR count). The molecular formula is C11H19NO3. The van der Waals surface area contributed by atoms with Crippen LogP contribution in [0, 0.1) is 10.8 Å². The first-order chi connectivity index (χ1) is 6.72. The van der Waals surface area contributed by atoms with Gasteiger partial charge in [-0.05, 0) is 19.8 Å². The van der Waals surface area contributed by atoms with E-state index in [0.29, 0.717) is 6.42 Å². The van der Waals surface area contributed by atoms with E-state index in [-0.39, 0.29) is 11.9 Å². The quantitative estimate of drug-likeness (QED) is 0.728. The summed E-state index contributed by atoms with van der Waals surface area (Å²) in [7, 11) is 0. The average molecular weight is 213 g/mol. The number of rotatable bonds is 2. The number of hydrogen-bond donors (Lipinski definition) is 2. The third kappa shape index (κ3) is 1.73. The highest BCUT2D eigenvalue weighted by atomic mass is 16.4. The fourth-order valence-corrected chi connectivity index (χ4v) is 2.38. The predicted molar refractivity (Wildman–Crippen MR) is 56.4 cm³/mol. The molecular weight excluding hydrogens is 194 g/mol. The van der Waals surface area contributed by atoms with Gasteiger partial charge in [-0.1, -0.05) is 13.8 Å². The van der Waals surface area contributed by atoms with Crippen molar-refractivity contribution in [2.45, 2.75) is 46.6 Å². The highest BCUT2D eigenvalue weighted by Crippen LogP contribution is 2.52. The largest absolute Gasteiger partial charge is 0.481 e. The molecule has 4 heteroatoms. The van der Waals surface area contributed by atoms with Crippen molar-refractivity contribution in [1.82, 2.24) is 5.32 Å². The molecule has 2 atom stereocenters. The molecule has 0 spiro atoms. The van der Waals surface area contributed by atoms with Crippen molar-refractivity contribution in [2.75, 3.05) is 0 Å². The minimum Gasteiger partial charge on any atom is -0.481 e. The van der Waals surface area contributed by atoms with Gasteiger partial charge in [0.25, 0.3) is 0 Å². The Morgan fingerprint density at radius 1 is 1.33 bits per heavy atom. The van der Waals surface area contributed by atoms with Crippen LogP contribution in [0.15, 0.2) is 0 Å². The molecule has 4 nitrogen and oxygen atoms in total. The lowest BCUT2D eigenvalue weighted by Gasteiger charge is -2.38. The maximum absolute atomic E-state index is 11.3. The fourth-order valence-electron chi connectivity index (χ4n) is 2.38. The van der Waals surface area contributed by atoms with Gasteiger partial charge in [0.1, 0.15) is 0 Å². The molecule has 0 aliphatic heterocycles. The van der Waals surface area contributed by atoms with Crippen LogP contribution in [0.1, 0.15) is 40.5 Å². The Labute approximate surface area is 90.0 Å². The summed E-state index contributed by atoms with van der Waals surface area (Å²) in [5, 5.41) is 12.1. The molecule has 1 fully saturated rings. The average Bonchev–Trinajstić information content (AvgIpc) is 2.29. The van der Waals surface area contributed by atoms with Gasteiger partial charge in [-0.3, -0.25) is 9.59 Å². The lowest BCUT2D eigenvalue weighted by atomic mass is 9.68. The van der Waals surface area contributed by atoms with Gasteiger partial charge in [0.2, 0.25) is 5.91 Å². The van der Waals surface area contributed by atoms with Crippen LogP contribution in [0.4, 0.5) is 0 Å². The van der Waals surface area contributed by atoms with E-state index in [1.165, 1.54) is 6.92 Å². The van der Waals surface area contributed by atoms with Crippen molar-refractivity contribution in [3.8, 4) is 0 Å². The third-order valence-corrected chi connectivity index (χ3v) is 4.08. The molecule has 0 bridgehead atoms. The van der Waals surface area contributed by atoms with Crippen LogP contribution in [0.3, 0.4) is 0 Å². The van der Waals surface area contributed by atoms with Gasteiger partial charge >= 0.3 is 5.97 Å². The summed E-state index contributed by atoms with van der Waals surface area (Å²) < 4.78 is 0. The van der Waals surface area contributed by atoms with E-state index >= 15 is 0 Å². The third-order valence-electron chi connectivity index (χ3n) is 4.08. The Balaban J connectivity index is 2.93. The highest BCUT2D eigenvalue weighted by Gasteiger charge is 2.56. The molecule has 0 saturated heterocycles. The molecule has 1 amide bonds. The lowest BCUT2D eigenvalue weighted by molar-refractivity contribution is -0.154. The van der Waals surface area contributed by atoms with Crippen LogP contribution in [0.5, 0.6) is 0 Å². The molecule has 0 radical (unpaired) electrons. The molecule has 0 unspecified atom stereocenters. The van der Waals surface area contributed by atoms with Crippen molar-refractivity contribution in [3.63, 3.8) is 0 Å². The van der Waals surface area contributed by atoms with Crippen LogP contribution in [0.25, 0.3) is 0 Å². The Morgan fingerprint density at radius 3 is 2.20 bits per heavy atom. The number of carbonyl (C=O) groups is 2. The molecule has 0 heterocycles. The second kappa shape index (κ2) is 3.51. The van der Waals surface area contributed by atoms with E-state index in [1.807, 2.05) is 13.8 Å². The zero-order valence-corrected chi connectivity index (χ0v) is 9.76. The van der Waals surface area contributed by atoms with Gasteiger partial charge in [0.15, 0.2) is 0 Å². The number of aliphatic carboxylic acids is 1. The standard InChI is InChI=1S/C11H19NO3/c1-7(13)12-8-5-6-11(4,9(14)15)10(8,2)3/h8H,5-6H2,1-4H3,(H,12,13)(H,14,15)/t8-,11-/m0/s1. The summed E-state index contributed by atoms with van der Waals surface area (Å²) in [6, 6.07) is -0.0453. The Bertz CT molecular complexity index is 298. The highest BCUT2D eigenvalue weighted by molar-refractivity contribution is 5.77. The maximum Gasteiger partial charge on any atom is 0.309 e. The Kier molecular flexibility index (Phi) is 2.81. The number of carboxylic acid groups (broad SMARTS) is 1.